The van der Waals surface area contributed by atoms with E-state index in [1.807, 2.05) is 0 Å². The number of carbonyl (C=O) groups is 1. The first-order valence-corrected chi connectivity index (χ1v) is 5.04. The Hall–Kier alpha value is -0.800. The molecule has 0 heterocycles. The molecule has 1 rings (SSSR count). The standard InChI is InChI=1S/C10H8BrClO2/c1-6(10(13)14)4-7-5-8(11)2-3-9(7)12/h2-5H,1H3,(H,13,14)/b6-4-. The van der Waals surface area contributed by atoms with E-state index in [-0.39, 0.29) is 5.57 Å². The van der Waals surface area contributed by atoms with Crippen molar-refractivity contribution in [1.82, 2.24) is 0 Å². The molecule has 1 N–H and O–H groups in total. The van der Waals surface area contributed by atoms with Gasteiger partial charge in [0.05, 0.1) is 0 Å². The molecule has 0 amide bonds. The Morgan fingerprint density at radius 3 is 2.79 bits per heavy atom. The Bertz CT molecular complexity index is 399. The molecule has 1 aromatic carbocycles. The summed E-state index contributed by atoms with van der Waals surface area (Å²) in [6.07, 6.45) is 1.54. The normalized spacial score (nSPS) is 11.5. The van der Waals surface area contributed by atoms with Crippen molar-refractivity contribution in [3.63, 3.8) is 0 Å². The third-order valence-corrected chi connectivity index (χ3v) is 2.50. The lowest BCUT2D eigenvalue weighted by Crippen LogP contribution is -1.95. The number of rotatable bonds is 2. The summed E-state index contributed by atoms with van der Waals surface area (Å²) in [5, 5.41) is 9.22. The maximum atomic E-state index is 10.6. The second-order valence-electron chi connectivity index (χ2n) is 2.80. The van der Waals surface area contributed by atoms with Crippen LogP contribution in [-0.2, 0) is 4.79 Å². The highest BCUT2D eigenvalue weighted by molar-refractivity contribution is 9.10. The molecule has 0 saturated heterocycles. The van der Waals surface area contributed by atoms with Crippen LogP contribution < -0.4 is 0 Å². The monoisotopic (exact) mass is 274 g/mol. The summed E-state index contributed by atoms with van der Waals surface area (Å²) in [7, 11) is 0. The van der Waals surface area contributed by atoms with Gasteiger partial charge in [-0.1, -0.05) is 27.5 Å². The van der Waals surface area contributed by atoms with Crippen molar-refractivity contribution < 1.29 is 9.90 Å². The first-order chi connectivity index (χ1) is 6.50. The summed E-state index contributed by atoms with van der Waals surface area (Å²) in [5.74, 6) is -0.943. The lowest BCUT2D eigenvalue weighted by molar-refractivity contribution is -0.132. The van der Waals surface area contributed by atoms with E-state index >= 15 is 0 Å². The first kappa shape index (κ1) is 11.3. The van der Waals surface area contributed by atoms with Crippen LogP contribution in [-0.4, -0.2) is 11.1 Å². The molecule has 0 aliphatic heterocycles. The molecule has 2 nitrogen and oxygen atoms in total. The van der Waals surface area contributed by atoms with Crippen LogP contribution in [0.25, 0.3) is 6.08 Å². The van der Waals surface area contributed by atoms with Gasteiger partial charge in [-0.2, -0.15) is 0 Å². The number of hydrogen-bond donors (Lipinski definition) is 1. The average molecular weight is 276 g/mol. The van der Waals surface area contributed by atoms with Gasteiger partial charge in [0, 0.05) is 15.1 Å². The van der Waals surface area contributed by atoms with Crippen LogP contribution in [0, 0.1) is 0 Å². The van der Waals surface area contributed by atoms with Gasteiger partial charge >= 0.3 is 5.97 Å². The number of halogens is 2. The van der Waals surface area contributed by atoms with Gasteiger partial charge in [0.2, 0.25) is 0 Å². The molecule has 0 radical (unpaired) electrons. The molecule has 0 fully saturated rings. The summed E-state index contributed by atoms with van der Waals surface area (Å²) < 4.78 is 0.867. The van der Waals surface area contributed by atoms with Crippen molar-refractivity contribution in [2.24, 2.45) is 0 Å². The Balaban J connectivity index is 3.13. The fourth-order valence-corrected chi connectivity index (χ4v) is 1.47. The van der Waals surface area contributed by atoms with Gasteiger partial charge in [-0.3, -0.25) is 0 Å². The molecule has 4 heteroatoms. The van der Waals surface area contributed by atoms with Crippen molar-refractivity contribution in [3.05, 3.63) is 38.8 Å². The predicted octanol–water partition coefficient (Wildman–Crippen LogP) is 3.59. The predicted molar refractivity (Wildman–Crippen MR) is 60.4 cm³/mol. The Labute approximate surface area is 95.3 Å². The molecule has 0 bridgehead atoms. The third kappa shape index (κ3) is 2.86. The SMILES string of the molecule is C/C(=C/c1cc(Br)ccc1Cl)C(=O)O. The Kier molecular flexibility index (Phi) is 3.72. The van der Waals surface area contributed by atoms with Gasteiger partial charge in [-0.05, 0) is 36.8 Å². The minimum Gasteiger partial charge on any atom is -0.478 e. The average Bonchev–Trinajstić information content (AvgIpc) is 2.11. The third-order valence-electron chi connectivity index (χ3n) is 1.67. The highest BCUT2D eigenvalue weighted by atomic mass is 79.9. The maximum absolute atomic E-state index is 10.6. The second kappa shape index (κ2) is 4.62. The largest absolute Gasteiger partial charge is 0.478 e. The van der Waals surface area contributed by atoms with E-state index in [0.29, 0.717) is 10.6 Å². The molecule has 74 valence electrons. The quantitative estimate of drug-likeness (QED) is 0.838. The van der Waals surface area contributed by atoms with Crippen LogP contribution in [0.5, 0.6) is 0 Å². The minimum atomic E-state index is -0.943. The summed E-state index contributed by atoms with van der Waals surface area (Å²) in [5.41, 5.74) is 0.950. The van der Waals surface area contributed by atoms with Crippen LogP contribution in [0.1, 0.15) is 12.5 Å². The molecule has 0 unspecified atom stereocenters. The fraction of sp³-hybridized carbons (Fsp3) is 0.100. The lowest BCUT2D eigenvalue weighted by Gasteiger charge is -2.00. The molecule has 0 aromatic heterocycles. The highest BCUT2D eigenvalue weighted by Gasteiger charge is 2.03. The van der Waals surface area contributed by atoms with Gasteiger partial charge in [-0.15, -0.1) is 0 Å². The topological polar surface area (TPSA) is 37.3 Å². The van der Waals surface area contributed by atoms with E-state index in [9.17, 15) is 4.79 Å². The minimum absolute atomic E-state index is 0.255. The second-order valence-corrected chi connectivity index (χ2v) is 4.12. The van der Waals surface area contributed by atoms with Crippen molar-refractivity contribution in [2.45, 2.75) is 6.92 Å². The highest BCUT2D eigenvalue weighted by Crippen LogP contribution is 2.23. The van der Waals surface area contributed by atoms with Crippen molar-refractivity contribution in [1.29, 1.82) is 0 Å². The molecule has 0 aliphatic rings. The smallest absolute Gasteiger partial charge is 0.331 e. The van der Waals surface area contributed by atoms with Crippen molar-refractivity contribution in [2.75, 3.05) is 0 Å². The zero-order valence-electron chi connectivity index (χ0n) is 7.42. The van der Waals surface area contributed by atoms with Crippen LogP contribution in [0.15, 0.2) is 28.2 Å². The number of aliphatic carboxylic acids is 1. The Morgan fingerprint density at radius 2 is 2.21 bits per heavy atom. The molecule has 0 aliphatic carbocycles. The summed E-state index contributed by atoms with van der Waals surface area (Å²) in [6.45, 7) is 1.53. The number of hydrogen-bond acceptors (Lipinski definition) is 1. The molecule has 0 spiro atoms. The van der Waals surface area contributed by atoms with Crippen molar-refractivity contribution in [3.8, 4) is 0 Å². The Morgan fingerprint density at radius 1 is 1.57 bits per heavy atom. The van der Waals surface area contributed by atoms with E-state index in [0.717, 1.165) is 4.47 Å². The summed E-state index contributed by atoms with van der Waals surface area (Å²) in [4.78, 5) is 10.6. The van der Waals surface area contributed by atoms with Gasteiger partial charge in [0.25, 0.3) is 0 Å². The zero-order valence-corrected chi connectivity index (χ0v) is 9.76. The zero-order chi connectivity index (χ0) is 10.7. The molecular weight excluding hydrogens is 267 g/mol. The number of carboxylic acid groups (broad SMARTS) is 1. The van der Waals surface area contributed by atoms with Gasteiger partial charge in [-0.25, -0.2) is 4.79 Å². The van der Waals surface area contributed by atoms with Gasteiger partial charge in [0.15, 0.2) is 0 Å². The first-order valence-electron chi connectivity index (χ1n) is 3.87. The molecule has 14 heavy (non-hydrogen) atoms. The molecule has 1 aromatic rings. The fourth-order valence-electron chi connectivity index (χ4n) is 0.920. The van der Waals surface area contributed by atoms with Gasteiger partial charge in [0.1, 0.15) is 0 Å². The van der Waals surface area contributed by atoms with E-state index in [1.165, 1.54) is 13.0 Å². The number of benzene rings is 1. The van der Waals surface area contributed by atoms with E-state index in [1.54, 1.807) is 18.2 Å². The van der Waals surface area contributed by atoms with Crippen LogP contribution >= 0.6 is 27.5 Å². The molecule has 0 atom stereocenters. The molecular formula is C10H8BrClO2. The van der Waals surface area contributed by atoms with Crippen molar-refractivity contribution >= 4 is 39.6 Å². The number of carboxylic acids is 1. The molecule has 0 saturated carbocycles. The summed E-state index contributed by atoms with van der Waals surface area (Å²) in [6, 6.07) is 5.29. The van der Waals surface area contributed by atoms with E-state index < -0.39 is 5.97 Å². The van der Waals surface area contributed by atoms with Gasteiger partial charge < -0.3 is 5.11 Å². The lowest BCUT2D eigenvalue weighted by atomic mass is 10.1. The summed E-state index contributed by atoms with van der Waals surface area (Å²) >= 11 is 9.17. The maximum Gasteiger partial charge on any atom is 0.331 e. The van der Waals surface area contributed by atoms with Crippen LogP contribution in [0.4, 0.5) is 0 Å². The van der Waals surface area contributed by atoms with E-state index in [4.69, 9.17) is 16.7 Å². The van der Waals surface area contributed by atoms with Crippen LogP contribution in [0.2, 0.25) is 5.02 Å². The van der Waals surface area contributed by atoms with Crippen LogP contribution in [0.3, 0.4) is 0 Å². The van der Waals surface area contributed by atoms with E-state index in [2.05, 4.69) is 15.9 Å².